The van der Waals surface area contributed by atoms with Crippen LogP contribution in [0.3, 0.4) is 0 Å². The smallest absolute Gasteiger partial charge is 0.142 e. The summed E-state index contributed by atoms with van der Waals surface area (Å²) in [6.07, 6.45) is 0. The lowest BCUT2D eigenvalue weighted by atomic mass is 9.95. The summed E-state index contributed by atoms with van der Waals surface area (Å²) in [5.74, 6) is 0.731. The van der Waals surface area contributed by atoms with Gasteiger partial charge in [0.25, 0.3) is 0 Å². The second kappa shape index (κ2) is 4.33. The summed E-state index contributed by atoms with van der Waals surface area (Å²) in [6, 6.07) is 7.48. The van der Waals surface area contributed by atoms with Gasteiger partial charge in [-0.05, 0) is 12.1 Å². The maximum absolute atomic E-state index is 5.74. The number of ether oxygens (including phenoxy) is 1. The molecule has 1 aromatic rings. The van der Waals surface area contributed by atoms with Crippen molar-refractivity contribution in [2.45, 2.75) is 13.8 Å². The second-order valence-corrected chi connectivity index (χ2v) is 4.19. The minimum atomic E-state index is -0.0116. The molecule has 0 amide bonds. The van der Waals surface area contributed by atoms with E-state index in [4.69, 9.17) is 16.2 Å². The lowest BCUT2D eigenvalue weighted by molar-refractivity contribution is 0.188. The van der Waals surface area contributed by atoms with Gasteiger partial charge in [-0.25, -0.2) is 0 Å². The van der Waals surface area contributed by atoms with Crippen LogP contribution in [0.4, 0.5) is 5.69 Å². The Bertz CT molecular complexity index is 297. The van der Waals surface area contributed by atoms with Crippen molar-refractivity contribution in [1.29, 1.82) is 0 Å². The molecule has 0 radical (unpaired) electrons. The lowest BCUT2D eigenvalue weighted by Gasteiger charge is -2.22. The fraction of sp³-hybridized carbons (Fsp3) is 0.455. The third-order valence-corrected chi connectivity index (χ3v) is 2.09. The zero-order valence-corrected chi connectivity index (χ0v) is 8.79. The van der Waals surface area contributed by atoms with Crippen molar-refractivity contribution in [2.75, 3.05) is 18.9 Å². The van der Waals surface area contributed by atoms with Crippen molar-refractivity contribution in [1.82, 2.24) is 0 Å². The van der Waals surface area contributed by atoms with Gasteiger partial charge in [-0.15, -0.1) is 0 Å². The summed E-state index contributed by atoms with van der Waals surface area (Å²) in [6.45, 7) is 5.30. The van der Waals surface area contributed by atoms with Gasteiger partial charge in [0.2, 0.25) is 0 Å². The van der Waals surface area contributed by atoms with Crippen LogP contribution in [0.25, 0.3) is 0 Å². The Kier molecular flexibility index (Phi) is 3.36. The molecule has 0 saturated carbocycles. The molecule has 0 aromatic heterocycles. The van der Waals surface area contributed by atoms with Crippen LogP contribution in [-0.2, 0) is 0 Å². The normalized spacial score (nSPS) is 11.4. The summed E-state index contributed by atoms with van der Waals surface area (Å²) in [5.41, 5.74) is 12.0. The Hall–Kier alpha value is -1.22. The first-order chi connectivity index (χ1) is 6.55. The van der Waals surface area contributed by atoms with Crippen LogP contribution in [0.15, 0.2) is 24.3 Å². The highest BCUT2D eigenvalue weighted by Crippen LogP contribution is 2.22. The number of benzene rings is 1. The van der Waals surface area contributed by atoms with E-state index in [0.717, 1.165) is 5.75 Å². The van der Waals surface area contributed by atoms with E-state index in [-0.39, 0.29) is 5.41 Å². The molecule has 14 heavy (non-hydrogen) atoms. The summed E-state index contributed by atoms with van der Waals surface area (Å²) in [4.78, 5) is 0. The molecule has 0 atom stereocenters. The van der Waals surface area contributed by atoms with Crippen LogP contribution >= 0.6 is 0 Å². The van der Waals surface area contributed by atoms with E-state index in [1.54, 1.807) is 0 Å². The van der Waals surface area contributed by atoms with E-state index >= 15 is 0 Å². The highest BCUT2D eigenvalue weighted by molar-refractivity contribution is 5.51. The lowest BCUT2D eigenvalue weighted by Crippen LogP contribution is -2.30. The number of anilines is 1. The summed E-state index contributed by atoms with van der Waals surface area (Å²) in [5, 5.41) is 0. The Morgan fingerprint density at radius 2 is 1.93 bits per heavy atom. The molecular weight excluding hydrogens is 176 g/mol. The highest BCUT2D eigenvalue weighted by Gasteiger charge is 2.16. The molecule has 0 heterocycles. The van der Waals surface area contributed by atoms with Gasteiger partial charge in [0.15, 0.2) is 0 Å². The first kappa shape index (κ1) is 10.9. The van der Waals surface area contributed by atoms with E-state index in [0.29, 0.717) is 18.8 Å². The molecule has 0 bridgehead atoms. The molecule has 0 aliphatic heterocycles. The Morgan fingerprint density at radius 3 is 2.50 bits per heavy atom. The second-order valence-electron chi connectivity index (χ2n) is 4.19. The molecule has 0 aliphatic carbocycles. The SMILES string of the molecule is CC(C)(CN)COc1ccccc1N. The third-order valence-electron chi connectivity index (χ3n) is 2.09. The van der Waals surface area contributed by atoms with Crippen molar-refractivity contribution in [2.24, 2.45) is 11.1 Å². The molecule has 0 aliphatic rings. The van der Waals surface area contributed by atoms with Crippen molar-refractivity contribution >= 4 is 5.69 Å². The van der Waals surface area contributed by atoms with Crippen molar-refractivity contribution in [3.63, 3.8) is 0 Å². The molecule has 0 spiro atoms. The van der Waals surface area contributed by atoms with Crippen LogP contribution in [0.5, 0.6) is 5.75 Å². The van der Waals surface area contributed by atoms with Gasteiger partial charge in [0.05, 0.1) is 12.3 Å². The predicted molar refractivity (Wildman–Crippen MR) is 59.2 cm³/mol. The van der Waals surface area contributed by atoms with E-state index in [9.17, 15) is 0 Å². The molecule has 3 heteroatoms. The fourth-order valence-electron chi connectivity index (χ4n) is 0.944. The number of hydrogen-bond donors (Lipinski definition) is 2. The van der Waals surface area contributed by atoms with Gasteiger partial charge in [0.1, 0.15) is 5.75 Å². The van der Waals surface area contributed by atoms with Crippen molar-refractivity contribution in [3.05, 3.63) is 24.3 Å². The molecule has 1 aromatic carbocycles. The standard InChI is InChI=1S/C11H18N2O/c1-11(2,7-12)8-14-10-6-4-3-5-9(10)13/h3-6H,7-8,12-13H2,1-2H3. The van der Waals surface area contributed by atoms with E-state index in [1.165, 1.54) is 0 Å². The Morgan fingerprint density at radius 1 is 1.29 bits per heavy atom. The number of rotatable bonds is 4. The van der Waals surface area contributed by atoms with Crippen molar-refractivity contribution in [3.8, 4) is 5.75 Å². The number of nitrogens with two attached hydrogens (primary N) is 2. The van der Waals surface area contributed by atoms with Gasteiger partial charge in [-0.3, -0.25) is 0 Å². The maximum Gasteiger partial charge on any atom is 0.142 e. The van der Waals surface area contributed by atoms with Gasteiger partial charge in [-0.2, -0.15) is 0 Å². The number of hydrogen-bond acceptors (Lipinski definition) is 3. The Balaban J connectivity index is 2.58. The molecule has 0 fully saturated rings. The van der Waals surface area contributed by atoms with Crippen LogP contribution in [0.2, 0.25) is 0 Å². The van der Waals surface area contributed by atoms with Crippen LogP contribution in [0.1, 0.15) is 13.8 Å². The zero-order chi connectivity index (χ0) is 10.6. The number of para-hydroxylation sites is 2. The molecule has 3 nitrogen and oxygen atoms in total. The van der Waals surface area contributed by atoms with Crippen LogP contribution in [-0.4, -0.2) is 13.2 Å². The Labute approximate surface area is 85.0 Å². The fourth-order valence-corrected chi connectivity index (χ4v) is 0.944. The molecule has 78 valence electrons. The zero-order valence-electron chi connectivity index (χ0n) is 8.79. The topological polar surface area (TPSA) is 61.3 Å². The first-order valence-electron chi connectivity index (χ1n) is 4.72. The minimum Gasteiger partial charge on any atom is -0.491 e. The van der Waals surface area contributed by atoms with Gasteiger partial charge >= 0.3 is 0 Å². The molecule has 0 saturated heterocycles. The average molecular weight is 194 g/mol. The van der Waals surface area contributed by atoms with Crippen LogP contribution < -0.4 is 16.2 Å². The average Bonchev–Trinajstić information content (AvgIpc) is 2.17. The largest absolute Gasteiger partial charge is 0.491 e. The molecular formula is C11H18N2O. The van der Waals surface area contributed by atoms with E-state index in [1.807, 2.05) is 24.3 Å². The summed E-state index contributed by atoms with van der Waals surface area (Å²) >= 11 is 0. The van der Waals surface area contributed by atoms with E-state index < -0.39 is 0 Å². The van der Waals surface area contributed by atoms with Crippen LogP contribution in [0, 0.1) is 5.41 Å². The summed E-state index contributed by atoms with van der Waals surface area (Å²) < 4.78 is 5.59. The summed E-state index contributed by atoms with van der Waals surface area (Å²) in [7, 11) is 0. The van der Waals surface area contributed by atoms with Crippen molar-refractivity contribution < 1.29 is 4.74 Å². The minimum absolute atomic E-state index is 0.0116. The molecule has 4 N–H and O–H groups in total. The maximum atomic E-state index is 5.74. The van der Waals surface area contributed by atoms with Gasteiger partial charge in [-0.1, -0.05) is 26.0 Å². The number of nitrogen functional groups attached to an aromatic ring is 1. The molecule has 0 unspecified atom stereocenters. The molecule has 1 rings (SSSR count). The highest BCUT2D eigenvalue weighted by atomic mass is 16.5. The third kappa shape index (κ3) is 2.92. The van der Waals surface area contributed by atoms with Gasteiger partial charge in [0, 0.05) is 12.0 Å². The predicted octanol–water partition coefficient (Wildman–Crippen LogP) is 1.63. The van der Waals surface area contributed by atoms with E-state index in [2.05, 4.69) is 13.8 Å². The van der Waals surface area contributed by atoms with Gasteiger partial charge < -0.3 is 16.2 Å². The first-order valence-corrected chi connectivity index (χ1v) is 4.72. The quantitative estimate of drug-likeness (QED) is 0.716. The monoisotopic (exact) mass is 194 g/mol.